The van der Waals surface area contributed by atoms with E-state index in [1.54, 1.807) is 11.1 Å². The lowest BCUT2D eigenvalue weighted by Gasteiger charge is -2.44. The van der Waals surface area contributed by atoms with E-state index in [4.69, 9.17) is 0 Å². The summed E-state index contributed by atoms with van der Waals surface area (Å²) >= 11 is 0. The van der Waals surface area contributed by atoms with Crippen molar-refractivity contribution in [3.05, 3.63) is 65.5 Å². The first kappa shape index (κ1) is 16.8. The minimum atomic E-state index is 0.00322. The number of carbonyl (C=O) groups excluding carboxylic acids is 2. The van der Waals surface area contributed by atoms with Crippen molar-refractivity contribution in [3.63, 3.8) is 0 Å². The topological polar surface area (TPSA) is 53.5 Å². The molecule has 0 bridgehead atoms. The molecule has 2 amide bonds. The van der Waals surface area contributed by atoms with E-state index in [0.717, 1.165) is 31.4 Å². The van der Waals surface area contributed by atoms with Crippen molar-refractivity contribution in [1.82, 2.24) is 14.8 Å². The molecule has 1 atom stereocenters. The second-order valence-corrected chi connectivity index (χ2v) is 7.04. The predicted molar refractivity (Wildman–Crippen MR) is 98.4 cm³/mol. The third kappa shape index (κ3) is 3.34. The van der Waals surface area contributed by atoms with Crippen LogP contribution in [0.5, 0.6) is 0 Å². The molecule has 0 radical (unpaired) electrons. The second-order valence-electron chi connectivity index (χ2n) is 7.04. The maximum Gasteiger partial charge on any atom is 0.242 e. The van der Waals surface area contributed by atoms with E-state index in [1.807, 2.05) is 35.4 Å². The Morgan fingerprint density at radius 2 is 2.08 bits per heavy atom. The van der Waals surface area contributed by atoms with Crippen LogP contribution >= 0.6 is 0 Å². The molecule has 1 unspecified atom stereocenters. The zero-order chi connectivity index (χ0) is 17.9. The van der Waals surface area contributed by atoms with Crippen molar-refractivity contribution in [1.29, 1.82) is 0 Å². The molecule has 4 rings (SSSR count). The highest BCUT2D eigenvalue weighted by Gasteiger charge is 2.38. The Hall–Kier alpha value is -2.69. The fraction of sp³-hybridized carbons (Fsp3) is 0.381. The van der Waals surface area contributed by atoms with Gasteiger partial charge in [0.2, 0.25) is 11.8 Å². The summed E-state index contributed by atoms with van der Waals surface area (Å²) in [5, 5.41) is 0. The van der Waals surface area contributed by atoms with Crippen LogP contribution in [0.25, 0.3) is 0 Å². The highest BCUT2D eigenvalue weighted by Crippen LogP contribution is 2.33. The van der Waals surface area contributed by atoms with Crippen LogP contribution in [0, 0.1) is 0 Å². The molecule has 2 aromatic rings. The van der Waals surface area contributed by atoms with Gasteiger partial charge in [0.25, 0.3) is 0 Å². The predicted octanol–water partition coefficient (Wildman–Crippen LogP) is 2.37. The maximum atomic E-state index is 12.7. The standard InChI is InChI=1S/C21H23N3O2/c25-20(9-3-5-16-6-4-11-22-13-16)23-14-19-18-8-2-1-7-17(18)10-12-24(19)21(26)15-23/h1-2,4,6-8,11,13,19H,3,5,9-10,12,14-15H2. The molecule has 0 N–H and O–H groups in total. The number of aryl methyl sites for hydroxylation is 1. The second kappa shape index (κ2) is 7.28. The van der Waals surface area contributed by atoms with E-state index < -0.39 is 0 Å². The summed E-state index contributed by atoms with van der Waals surface area (Å²) in [6, 6.07) is 12.2. The first-order valence-electron chi connectivity index (χ1n) is 9.26. The zero-order valence-electron chi connectivity index (χ0n) is 14.8. The van der Waals surface area contributed by atoms with E-state index in [0.29, 0.717) is 13.0 Å². The van der Waals surface area contributed by atoms with Gasteiger partial charge in [-0.05, 0) is 42.0 Å². The van der Waals surface area contributed by atoms with Crippen molar-refractivity contribution >= 4 is 11.8 Å². The van der Waals surface area contributed by atoms with Crippen LogP contribution in [0.1, 0.15) is 35.6 Å². The molecule has 5 nitrogen and oxygen atoms in total. The minimum absolute atomic E-state index is 0.00322. The van der Waals surface area contributed by atoms with Gasteiger partial charge in [-0.3, -0.25) is 14.6 Å². The summed E-state index contributed by atoms with van der Waals surface area (Å²) in [6.07, 6.45) is 6.57. The van der Waals surface area contributed by atoms with Crippen LogP contribution < -0.4 is 0 Å². The molecule has 0 spiro atoms. The Labute approximate surface area is 153 Å². The molecule has 134 valence electrons. The molecule has 2 aliphatic rings. The van der Waals surface area contributed by atoms with Gasteiger partial charge in [0.15, 0.2) is 0 Å². The molecule has 2 aliphatic heterocycles. The van der Waals surface area contributed by atoms with E-state index in [-0.39, 0.29) is 24.4 Å². The number of piperazine rings is 1. The monoisotopic (exact) mass is 349 g/mol. The number of fused-ring (bicyclic) bond motifs is 3. The Morgan fingerprint density at radius 1 is 1.19 bits per heavy atom. The number of aromatic nitrogens is 1. The zero-order valence-corrected chi connectivity index (χ0v) is 14.8. The molecule has 1 saturated heterocycles. The summed E-state index contributed by atoms with van der Waals surface area (Å²) in [4.78, 5) is 33.0. The Kier molecular flexibility index (Phi) is 4.69. The van der Waals surface area contributed by atoms with Gasteiger partial charge in [-0.1, -0.05) is 30.3 Å². The van der Waals surface area contributed by atoms with Crippen molar-refractivity contribution in [3.8, 4) is 0 Å². The van der Waals surface area contributed by atoms with Crippen molar-refractivity contribution < 1.29 is 9.59 Å². The molecule has 0 aliphatic carbocycles. The van der Waals surface area contributed by atoms with Crippen LogP contribution in [0.3, 0.4) is 0 Å². The number of hydrogen-bond acceptors (Lipinski definition) is 3. The van der Waals surface area contributed by atoms with Crippen LogP contribution in [-0.2, 0) is 22.4 Å². The molecular formula is C21H23N3O2. The van der Waals surface area contributed by atoms with Gasteiger partial charge < -0.3 is 9.80 Å². The lowest BCUT2D eigenvalue weighted by molar-refractivity contribution is -0.149. The van der Waals surface area contributed by atoms with Gasteiger partial charge in [0, 0.05) is 31.9 Å². The maximum absolute atomic E-state index is 12.7. The van der Waals surface area contributed by atoms with E-state index in [1.165, 1.54) is 11.1 Å². The highest BCUT2D eigenvalue weighted by atomic mass is 16.2. The molecule has 0 saturated carbocycles. The number of amides is 2. The summed E-state index contributed by atoms with van der Waals surface area (Å²) in [5.74, 6) is 0.140. The van der Waals surface area contributed by atoms with Gasteiger partial charge in [-0.25, -0.2) is 0 Å². The lowest BCUT2D eigenvalue weighted by atomic mass is 9.90. The third-order valence-electron chi connectivity index (χ3n) is 5.38. The molecular weight excluding hydrogens is 326 g/mol. The summed E-state index contributed by atoms with van der Waals surface area (Å²) < 4.78 is 0. The Balaban J connectivity index is 1.40. The molecule has 26 heavy (non-hydrogen) atoms. The summed E-state index contributed by atoms with van der Waals surface area (Å²) in [7, 11) is 0. The lowest BCUT2D eigenvalue weighted by Crippen LogP contribution is -2.55. The van der Waals surface area contributed by atoms with Crippen LogP contribution in [0.15, 0.2) is 48.8 Å². The number of carbonyl (C=O) groups is 2. The average molecular weight is 349 g/mol. The Bertz CT molecular complexity index is 806. The van der Waals surface area contributed by atoms with E-state index in [9.17, 15) is 9.59 Å². The van der Waals surface area contributed by atoms with Crippen molar-refractivity contribution in [2.75, 3.05) is 19.6 Å². The third-order valence-corrected chi connectivity index (χ3v) is 5.38. The van der Waals surface area contributed by atoms with Crippen LogP contribution in [-0.4, -0.2) is 46.2 Å². The first-order chi connectivity index (χ1) is 12.7. The number of nitrogens with zero attached hydrogens (tertiary/aromatic N) is 3. The van der Waals surface area contributed by atoms with Crippen molar-refractivity contribution in [2.45, 2.75) is 31.7 Å². The average Bonchev–Trinajstić information content (AvgIpc) is 2.68. The molecule has 5 heteroatoms. The molecule has 1 aromatic heterocycles. The highest BCUT2D eigenvalue weighted by molar-refractivity contribution is 5.86. The number of hydrogen-bond donors (Lipinski definition) is 0. The number of pyridine rings is 1. The van der Waals surface area contributed by atoms with E-state index >= 15 is 0 Å². The summed E-state index contributed by atoms with van der Waals surface area (Å²) in [6.45, 7) is 1.57. The van der Waals surface area contributed by atoms with Crippen molar-refractivity contribution in [2.24, 2.45) is 0 Å². The Morgan fingerprint density at radius 3 is 2.92 bits per heavy atom. The van der Waals surface area contributed by atoms with Gasteiger partial charge in [-0.2, -0.15) is 0 Å². The van der Waals surface area contributed by atoms with Crippen LogP contribution in [0.2, 0.25) is 0 Å². The fourth-order valence-corrected chi connectivity index (χ4v) is 4.01. The van der Waals surface area contributed by atoms with Crippen LogP contribution in [0.4, 0.5) is 0 Å². The normalized spacial score (nSPS) is 19.1. The van der Waals surface area contributed by atoms with Gasteiger partial charge in [-0.15, -0.1) is 0 Å². The fourth-order valence-electron chi connectivity index (χ4n) is 4.01. The van der Waals surface area contributed by atoms with Gasteiger partial charge in [0.05, 0.1) is 12.6 Å². The van der Waals surface area contributed by atoms with Gasteiger partial charge >= 0.3 is 0 Å². The summed E-state index contributed by atoms with van der Waals surface area (Å²) in [5.41, 5.74) is 3.63. The number of benzene rings is 1. The smallest absolute Gasteiger partial charge is 0.242 e. The SMILES string of the molecule is O=C(CCCc1cccnc1)N1CC(=O)N2CCc3ccccc3C2C1. The molecule has 1 fully saturated rings. The number of rotatable bonds is 4. The minimum Gasteiger partial charge on any atom is -0.332 e. The molecule has 1 aromatic carbocycles. The largest absolute Gasteiger partial charge is 0.332 e. The first-order valence-corrected chi connectivity index (χ1v) is 9.26. The quantitative estimate of drug-likeness (QED) is 0.852. The molecule has 3 heterocycles. The van der Waals surface area contributed by atoms with E-state index in [2.05, 4.69) is 17.1 Å². The van der Waals surface area contributed by atoms with Gasteiger partial charge in [0.1, 0.15) is 0 Å².